The number of aliphatic hydroxyl groups is 2. The molecule has 3 heterocycles. The van der Waals surface area contributed by atoms with E-state index >= 15 is 0 Å². The number of carbonyl (C=O) groups excluding carboxylic acids is 3. The summed E-state index contributed by atoms with van der Waals surface area (Å²) >= 11 is 0. The van der Waals surface area contributed by atoms with E-state index in [1.54, 1.807) is 39.8 Å². The molecule has 10 unspecified atom stereocenters. The van der Waals surface area contributed by atoms with E-state index in [2.05, 4.69) is 17.4 Å². The van der Waals surface area contributed by atoms with Crippen LogP contribution in [0, 0.1) is 30.6 Å². The fourth-order valence-electron chi connectivity index (χ4n) is 8.00. The molecule has 5 rings (SSSR count). The summed E-state index contributed by atoms with van der Waals surface area (Å²) in [5.41, 5.74) is -0.546. The number of amides is 1. The van der Waals surface area contributed by atoms with E-state index in [1.807, 2.05) is 6.92 Å². The van der Waals surface area contributed by atoms with E-state index in [4.69, 9.17) is 23.8 Å². The van der Waals surface area contributed by atoms with Crippen LogP contribution < -0.4 is 10.1 Å². The molecule has 0 aliphatic carbocycles. The number of hydrogen-bond acceptors (Lipinski definition) is 14. The Hall–Kier alpha value is -5.12. The van der Waals surface area contributed by atoms with Crippen molar-refractivity contribution in [3.05, 3.63) is 52.8 Å². The van der Waals surface area contributed by atoms with Crippen LogP contribution in [0.4, 0.5) is 5.69 Å². The molecule has 5 bridgehead atoms. The fraction of sp³-hybridized carbons (Fsp3) is 0.565. The molecule has 10 atom stereocenters. The molecule has 15 heteroatoms. The Morgan fingerprint density at radius 1 is 0.967 bits per heavy atom. The number of phenols is 3. The molecule has 336 valence electrons. The zero-order valence-electron chi connectivity index (χ0n) is 37.1. The quantitative estimate of drug-likeness (QED) is 0.0342. The number of hydrogen-bond donors (Lipinski definition) is 6. The van der Waals surface area contributed by atoms with Gasteiger partial charge in [0.25, 0.3) is 11.7 Å². The van der Waals surface area contributed by atoms with Gasteiger partial charge in [-0.05, 0) is 39.2 Å². The monoisotopic (exact) mass is 852 g/mol. The first-order chi connectivity index (χ1) is 28.8. The highest BCUT2D eigenvalue weighted by Crippen LogP contribution is 2.55. The number of fused-ring (bicyclic) bond motifs is 14. The number of oxime groups is 1. The van der Waals surface area contributed by atoms with Crippen LogP contribution in [0.2, 0.25) is 0 Å². The molecule has 0 fully saturated rings. The SMILES string of the molecule is CCCCCC(CC)O/N=C/c1c2c(O)c3c(O)c(C)c4c(c3c1O)C(=O)C(C)(O/C=C/C(OC)C(C)C(OC(C)=O)C(C)C(O)C(C)C(O)C(C)/C=C/C=C(\C)C(=O)N2)O4. The fourth-order valence-corrected chi connectivity index (χ4v) is 8.00. The van der Waals surface area contributed by atoms with Crippen molar-refractivity contribution in [3.8, 4) is 23.0 Å². The van der Waals surface area contributed by atoms with Crippen LogP contribution in [0.5, 0.6) is 23.0 Å². The van der Waals surface area contributed by atoms with Crippen LogP contribution in [-0.2, 0) is 28.6 Å². The van der Waals surface area contributed by atoms with Crippen molar-refractivity contribution in [1.29, 1.82) is 0 Å². The van der Waals surface area contributed by atoms with Gasteiger partial charge in [0, 0.05) is 61.2 Å². The molecule has 0 radical (unpaired) electrons. The average Bonchev–Trinajstić information content (AvgIpc) is 3.49. The highest BCUT2D eigenvalue weighted by atomic mass is 16.7. The third-order valence-electron chi connectivity index (χ3n) is 12.0. The summed E-state index contributed by atoms with van der Waals surface area (Å²) in [6.45, 7) is 16.5. The second-order valence-corrected chi connectivity index (χ2v) is 16.5. The summed E-state index contributed by atoms with van der Waals surface area (Å²) in [5.74, 6) is -8.57. The number of esters is 1. The molecule has 1 amide bonds. The maximum Gasteiger partial charge on any atom is 0.312 e. The maximum atomic E-state index is 14.4. The van der Waals surface area contributed by atoms with Gasteiger partial charge < -0.3 is 54.6 Å². The molecule has 2 aromatic carbocycles. The third kappa shape index (κ3) is 10.3. The van der Waals surface area contributed by atoms with Crippen LogP contribution in [0.25, 0.3) is 10.8 Å². The minimum absolute atomic E-state index is 0.0409. The van der Waals surface area contributed by atoms with Gasteiger partial charge >= 0.3 is 11.8 Å². The smallest absolute Gasteiger partial charge is 0.312 e. The maximum absolute atomic E-state index is 14.4. The van der Waals surface area contributed by atoms with E-state index in [-0.39, 0.29) is 50.6 Å². The van der Waals surface area contributed by atoms with E-state index in [1.165, 1.54) is 53.2 Å². The lowest BCUT2D eigenvalue weighted by atomic mass is 9.78. The molecule has 15 nitrogen and oxygen atoms in total. The Morgan fingerprint density at radius 2 is 1.66 bits per heavy atom. The number of nitrogens with zero attached hydrogens (tertiary/aromatic N) is 1. The van der Waals surface area contributed by atoms with Crippen molar-refractivity contribution in [2.45, 2.75) is 138 Å². The second-order valence-electron chi connectivity index (χ2n) is 16.5. The van der Waals surface area contributed by atoms with Gasteiger partial charge in [-0.2, -0.15) is 0 Å². The molecule has 6 N–H and O–H groups in total. The molecule has 0 saturated carbocycles. The number of anilines is 1. The normalized spacial score (nSPS) is 30.0. The molecular weight excluding hydrogens is 789 g/mol. The number of carbonyl (C=O) groups is 3. The first-order valence-corrected chi connectivity index (χ1v) is 21.0. The summed E-state index contributed by atoms with van der Waals surface area (Å²) in [6.07, 6.45) is 8.67. The lowest BCUT2D eigenvalue weighted by Crippen LogP contribution is -2.46. The molecule has 0 saturated heterocycles. The average molecular weight is 853 g/mol. The number of aliphatic hydroxyl groups excluding tert-OH is 2. The number of methoxy groups -OCH3 is 1. The molecule has 0 aromatic heterocycles. The number of phenolic OH excluding ortho intramolecular Hbond substituents is 3. The number of unbranched alkanes of at least 4 members (excludes halogenated alkanes) is 2. The predicted molar refractivity (Wildman–Crippen MR) is 231 cm³/mol. The summed E-state index contributed by atoms with van der Waals surface area (Å²) in [6, 6.07) is 0. The Balaban J connectivity index is 1.96. The minimum atomic E-state index is -2.06. The van der Waals surface area contributed by atoms with Gasteiger partial charge in [-0.25, -0.2) is 0 Å². The first-order valence-electron chi connectivity index (χ1n) is 21.0. The van der Waals surface area contributed by atoms with Crippen LogP contribution in [-0.4, -0.2) is 92.8 Å². The van der Waals surface area contributed by atoms with E-state index < -0.39 is 88.8 Å². The standard InChI is InChI=1S/C46H64N2O13/c1-12-14-15-19-30(13-2)61-47-22-31-36-41(54)34-33(40(31)53)35-43(28(8)39(34)52)60-46(10,44(35)55)58-21-20-32(57-11)25(5)42(59-29(9)49)27(7)38(51)26(6)37(50)23(3)17-16-18-24(4)45(56)48-36/h16-18,20-23,25-27,30,32,37-38,42,50-54H,12-15,19H2,1-11H3,(H,48,56)/b17-16+,21-20+,24-18+,47-22+. The molecule has 2 aromatic rings. The van der Waals surface area contributed by atoms with Crippen molar-refractivity contribution in [2.24, 2.45) is 28.8 Å². The van der Waals surface area contributed by atoms with Crippen LogP contribution in [0.3, 0.4) is 0 Å². The Kier molecular flexibility index (Phi) is 16.4. The van der Waals surface area contributed by atoms with Crippen molar-refractivity contribution < 1.29 is 63.7 Å². The summed E-state index contributed by atoms with van der Waals surface area (Å²) in [5, 5.41) is 64.6. The summed E-state index contributed by atoms with van der Waals surface area (Å²) in [4.78, 5) is 46.3. The van der Waals surface area contributed by atoms with E-state index in [0.29, 0.717) is 6.42 Å². The zero-order chi connectivity index (χ0) is 45.5. The first kappa shape index (κ1) is 48.5. The van der Waals surface area contributed by atoms with Gasteiger partial charge in [-0.15, -0.1) is 0 Å². The Morgan fingerprint density at radius 3 is 2.28 bits per heavy atom. The van der Waals surface area contributed by atoms with Gasteiger partial charge in [-0.3, -0.25) is 14.4 Å². The van der Waals surface area contributed by atoms with E-state index in [9.17, 15) is 39.9 Å². The highest BCUT2D eigenvalue weighted by Gasteiger charge is 2.50. The number of aromatic hydroxyl groups is 3. The molecule has 3 aliphatic rings. The number of ketones is 1. The number of benzene rings is 2. The lowest BCUT2D eigenvalue weighted by Gasteiger charge is -2.38. The number of nitrogens with one attached hydrogen (secondary N) is 1. The molecule has 0 spiro atoms. The summed E-state index contributed by atoms with van der Waals surface area (Å²) < 4.78 is 23.6. The minimum Gasteiger partial charge on any atom is -0.507 e. The van der Waals surface area contributed by atoms with Crippen LogP contribution >= 0.6 is 0 Å². The van der Waals surface area contributed by atoms with Crippen LogP contribution in [0.1, 0.15) is 116 Å². The number of allylic oxidation sites excluding steroid dienone is 2. The summed E-state index contributed by atoms with van der Waals surface area (Å²) in [7, 11) is 1.43. The van der Waals surface area contributed by atoms with Crippen molar-refractivity contribution in [1.82, 2.24) is 0 Å². The molecular formula is C46H64N2O13. The van der Waals surface area contributed by atoms with Gasteiger partial charge in [0.1, 0.15) is 29.5 Å². The largest absolute Gasteiger partial charge is 0.507 e. The van der Waals surface area contributed by atoms with Crippen molar-refractivity contribution in [2.75, 3.05) is 12.4 Å². The van der Waals surface area contributed by atoms with Crippen LogP contribution in [0.15, 0.2) is 41.3 Å². The number of rotatable bonds is 10. The Bertz CT molecular complexity index is 2060. The Labute approximate surface area is 358 Å². The third-order valence-corrected chi connectivity index (χ3v) is 12.0. The van der Waals surface area contributed by atoms with Gasteiger partial charge in [0.15, 0.2) is 5.75 Å². The van der Waals surface area contributed by atoms with Crippen molar-refractivity contribution >= 4 is 40.3 Å². The highest BCUT2D eigenvalue weighted by molar-refractivity contribution is 6.23. The lowest BCUT2D eigenvalue weighted by molar-refractivity contribution is -0.160. The van der Waals surface area contributed by atoms with E-state index in [0.717, 1.165) is 31.9 Å². The topological polar surface area (TPSA) is 223 Å². The van der Waals surface area contributed by atoms with Gasteiger partial charge in [0.05, 0.1) is 53.0 Å². The number of ether oxygens (including phenoxy) is 4. The molecule has 3 aliphatic heterocycles. The van der Waals surface area contributed by atoms with Gasteiger partial charge in [0.2, 0.25) is 0 Å². The zero-order valence-corrected chi connectivity index (χ0v) is 37.1. The van der Waals surface area contributed by atoms with Crippen molar-refractivity contribution in [3.63, 3.8) is 0 Å². The second kappa shape index (κ2) is 20.6. The number of Topliss-reactive ketones (excluding diaryl/α,β-unsaturated/α-hetero) is 1. The molecule has 61 heavy (non-hydrogen) atoms. The predicted octanol–water partition coefficient (Wildman–Crippen LogP) is 7.46. The van der Waals surface area contributed by atoms with Gasteiger partial charge in [-0.1, -0.05) is 77.8 Å².